The quantitative estimate of drug-likeness (QED) is 0.790. The fourth-order valence-electron chi connectivity index (χ4n) is 2.24. The Morgan fingerprint density at radius 1 is 1.37 bits per heavy atom. The summed E-state index contributed by atoms with van der Waals surface area (Å²) in [5.74, 6) is -0.283. The molecule has 1 fully saturated rings. The van der Waals surface area contributed by atoms with Gasteiger partial charge in [0.15, 0.2) is 0 Å². The predicted molar refractivity (Wildman–Crippen MR) is 72.0 cm³/mol. The molecule has 0 aromatic heterocycles. The fourth-order valence-corrected chi connectivity index (χ4v) is 2.24. The van der Waals surface area contributed by atoms with Crippen molar-refractivity contribution in [2.75, 3.05) is 19.6 Å². The van der Waals surface area contributed by atoms with Crippen molar-refractivity contribution in [1.29, 1.82) is 0 Å². The van der Waals surface area contributed by atoms with E-state index in [-0.39, 0.29) is 17.7 Å². The van der Waals surface area contributed by atoms with Gasteiger partial charge in [0, 0.05) is 32.6 Å². The third-order valence-electron chi connectivity index (χ3n) is 3.25. The number of nitrogens with two attached hydrogens (primary N) is 1. The summed E-state index contributed by atoms with van der Waals surface area (Å²) in [6, 6.07) is 9.80. The molecule has 0 aliphatic carbocycles. The third kappa shape index (κ3) is 3.54. The van der Waals surface area contributed by atoms with E-state index in [1.165, 1.54) is 0 Å². The molecule has 0 radical (unpaired) electrons. The number of likely N-dealkylation sites (tertiary alicyclic amines) is 1. The molecule has 1 unspecified atom stereocenters. The highest BCUT2D eigenvalue weighted by Crippen LogP contribution is 2.20. The van der Waals surface area contributed by atoms with E-state index >= 15 is 0 Å². The maximum atomic E-state index is 11.9. The highest BCUT2D eigenvalue weighted by Gasteiger charge is 2.33. The zero-order valence-corrected chi connectivity index (χ0v) is 10.8. The molecule has 1 heterocycles. The van der Waals surface area contributed by atoms with Gasteiger partial charge < -0.3 is 16.0 Å². The maximum Gasteiger partial charge on any atom is 0.225 e. The number of amides is 2. The number of rotatable bonds is 5. The monoisotopic (exact) mass is 261 g/mol. The van der Waals surface area contributed by atoms with Crippen molar-refractivity contribution in [1.82, 2.24) is 10.2 Å². The van der Waals surface area contributed by atoms with Crippen molar-refractivity contribution in [3.05, 3.63) is 35.9 Å². The molecule has 1 aromatic carbocycles. The predicted octanol–water partition coefficient (Wildman–Crippen LogP) is 0.110. The van der Waals surface area contributed by atoms with Crippen LogP contribution in [0.4, 0.5) is 0 Å². The van der Waals surface area contributed by atoms with Crippen molar-refractivity contribution in [2.24, 2.45) is 11.7 Å². The van der Waals surface area contributed by atoms with Gasteiger partial charge in [-0.3, -0.25) is 9.59 Å². The van der Waals surface area contributed by atoms with Crippen LogP contribution in [-0.4, -0.2) is 36.3 Å². The largest absolute Gasteiger partial charge is 0.355 e. The molecule has 0 saturated carbocycles. The number of hydrogen-bond donors (Lipinski definition) is 2. The van der Waals surface area contributed by atoms with Gasteiger partial charge in [-0.05, 0) is 5.56 Å². The van der Waals surface area contributed by atoms with Crippen molar-refractivity contribution >= 4 is 11.8 Å². The third-order valence-corrected chi connectivity index (χ3v) is 3.25. The summed E-state index contributed by atoms with van der Waals surface area (Å²) in [4.78, 5) is 25.4. The second kappa shape index (κ2) is 6.33. The molecule has 1 aromatic rings. The molecule has 5 heteroatoms. The van der Waals surface area contributed by atoms with E-state index in [0.29, 0.717) is 32.6 Å². The standard InChI is InChI=1S/C14H19N3O2/c15-6-7-16-14(19)12-8-13(18)17(10-12)9-11-4-2-1-3-5-11/h1-5,12H,6-10,15H2,(H,16,19). The Morgan fingerprint density at radius 3 is 2.79 bits per heavy atom. The van der Waals surface area contributed by atoms with Crippen LogP contribution < -0.4 is 11.1 Å². The van der Waals surface area contributed by atoms with E-state index in [0.717, 1.165) is 5.56 Å². The SMILES string of the molecule is NCCNC(=O)C1CC(=O)N(Cc2ccccc2)C1. The summed E-state index contributed by atoms with van der Waals surface area (Å²) in [6.07, 6.45) is 0.295. The Bertz CT molecular complexity index is 447. The van der Waals surface area contributed by atoms with E-state index < -0.39 is 0 Å². The van der Waals surface area contributed by atoms with Crippen LogP contribution in [0.5, 0.6) is 0 Å². The number of carbonyl (C=O) groups is 2. The zero-order valence-electron chi connectivity index (χ0n) is 10.8. The lowest BCUT2D eigenvalue weighted by molar-refractivity contribution is -0.129. The molecule has 1 aliphatic rings. The van der Waals surface area contributed by atoms with Crippen molar-refractivity contribution in [3.8, 4) is 0 Å². The van der Waals surface area contributed by atoms with E-state index in [2.05, 4.69) is 5.32 Å². The molecule has 1 saturated heterocycles. The minimum absolute atomic E-state index is 0.0387. The average Bonchev–Trinajstić information content (AvgIpc) is 2.79. The molecular weight excluding hydrogens is 242 g/mol. The van der Waals surface area contributed by atoms with E-state index in [1.54, 1.807) is 4.90 Å². The highest BCUT2D eigenvalue weighted by atomic mass is 16.2. The van der Waals surface area contributed by atoms with Crippen LogP contribution in [0.2, 0.25) is 0 Å². The summed E-state index contributed by atoms with van der Waals surface area (Å²) < 4.78 is 0. The van der Waals surface area contributed by atoms with E-state index in [1.807, 2.05) is 30.3 Å². The minimum Gasteiger partial charge on any atom is -0.355 e. The van der Waals surface area contributed by atoms with Gasteiger partial charge in [-0.15, -0.1) is 0 Å². The van der Waals surface area contributed by atoms with Gasteiger partial charge >= 0.3 is 0 Å². The van der Waals surface area contributed by atoms with Crippen LogP contribution in [0, 0.1) is 5.92 Å². The zero-order chi connectivity index (χ0) is 13.7. The topological polar surface area (TPSA) is 75.4 Å². The van der Waals surface area contributed by atoms with Crippen LogP contribution in [0.3, 0.4) is 0 Å². The number of benzene rings is 1. The molecule has 5 nitrogen and oxygen atoms in total. The molecule has 2 amide bonds. The molecule has 3 N–H and O–H groups in total. The van der Waals surface area contributed by atoms with Crippen LogP contribution in [0.1, 0.15) is 12.0 Å². The Kier molecular flexibility index (Phi) is 4.52. The normalized spacial score (nSPS) is 18.7. The van der Waals surface area contributed by atoms with Crippen molar-refractivity contribution in [3.63, 3.8) is 0 Å². The lowest BCUT2D eigenvalue weighted by Crippen LogP contribution is -2.35. The second-order valence-electron chi connectivity index (χ2n) is 4.74. The Hall–Kier alpha value is -1.88. The lowest BCUT2D eigenvalue weighted by Gasteiger charge is -2.16. The Labute approximate surface area is 112 Å². The summed E-state index contributed by atoms with van der Waals surface area (Å²) in [5, 5.41) is 2.74. The van der Waals surface area contributed by atoms with E-state index in [4.69, 9.17) is 5.73 Å². The first kappa shape index (κ1) is 13.5. The molecule has 0 spiro atoms. The van der Waals surface area contributed by atoms with Gasteiger partial charge in [-0.1, -0.05) is 30.3 Å². The summed E-state index contributed by atoms with van der Waals surface area (Å²) in [5.41, 5.74) is 6.42. The second-order valence-corrected chi connectivity index (χ2v) is 4.74. The van der Waals surface area contributed by atoms with E-state index in [9.17, 15) is 9.59 Å². The first-order chi connectivity index (χ1) is 9.20. The van der Waals surface area contributed by atoms with Gasteiger partial charge in [0.05, 0.1) is 5.92 Å². The first-order valence-electron chi connectivity index (χ1n) is 6.50. The Morgan fingerprint density at radius 2 is 2.11 bits per heavy atom. The van der Waals surface area contributed by atoms with Crippen molar-refractivity contribution < 1.29 is 9.59 Å². The van der Waals surface area contributed by atoms with Gasteiger partial charge in [0.2, 0.25) is 11.8 Å². The van der Waals surface area contributed by atoms with Gasteiger partial charge in [0.25, 0.3) is 0 Å². The number of nitrogens with one attached hydrogen (secondary N) is 1. The van der Waals surface area contributed by atoms with Crippen LogP contribution in [0.15, 0.2) is 30.3 Å². The lowest BCUT2D eigenvalue weighted by atomic mass is 10.1. The molecule has 1 aliphatic heterocycles. The maximum absolute atomic E-state index is 11.9. The van der Waals surface area contributed by atoms with Gasteiger partial charge in [-0.25, -0.2) is 0 Å². The molecular formula is C14H19N3O2. The van der Waals surface area contributed by atoms with Gasteiger partial charge in [-0.2, -0.15) is 0 Å². The summed E-state index contributed by atoms with van der Waals surface area (Å²) in [7, 11) is 0. The average molecular weight is 261 g/mol. The van der Waals surface area contributed by atoms with Gasteiger partial charge in [0.1, 0.15) is 0 Å². The van der Waals surface area contributed by atoms with Crippen LogP contribution >= 0.6 is 0 Å². The first-order valence-corrected chi connectivity index (χ1v) is 6.50. The molecule has 1 atom stereocenters. The van der Waals surface area contributed by atoms with Crippen LogP contribution in [0.25, 0.3) is 0 Å². The highest BCUT2D eigenvalue weighted by molar-refractivity contribution is 5.89. The molecule has 102 valence electrons. The number of hydrogen-bond acceptors (Lipinski definition) is 3. The Balaban J connectivity index is 1.91. The number of carbonyl (C=O) groups excluding carboxylic acids is 2. The smallest absolute Gasteiger partial charge is 0.225 e. The summed E-state index contributed by atoms with van der Waals surface area (Å²) >= 11 is 0. The molecule has 19 heavy (non-hydrogen) atoms. The van der Waals surface area contributed by atoms with Crippen molar-refractivity contribution in [2.45, 2.75) is 13.0 Å². The minimum atomic E-state index is -0.247. The van der Waals surface area contributed by atoms with Crippen LogP contribution in [-0.2, 0) is 16.1 Å². The molecule has 0 bridgehead atoms. The molecule has 2 rings (SSSR count). The summed E-state index contributed by atoms with van der Waals surface area (Å²) in [6.45, 7) is 1.94. The number of nitrogens with zero attached hydrogens (tertiary/aromatic N) is 1. The fraction of sp³-hybridized carbons (Fsp3) is 0.429.